The van der Waals surface area contributed by atoms with Crippen LogP contribution in [0.15, 0.2) is 17.4 Å². The minimum absolute atomic E-state index is 0. The normalized spacial score (nSPS) is 19.2. The van der Waals surface area contributed by atoms with Gasteiger partial charge in [0.25, 0.3) is 0 Å². The zero-order valence-corrected chi connectivity index (χ0v) is 19.5. The number of carbonyl (C=O) groups excluding carboxylic acids is 1. The van der Waals surface area contributed by atoms with Crippen LogP contribution in [0.1, 0.15) is 32.6 Å². The smallest absolute Gasteiger partial charge is 0.246 e. The highest BCUT2D eigenvalue weighted by Gasteiger charge is 2.37. The van der Waals surface area contributed by atoms with Gasteiger partial charge in [0.15, 0.2) is 5.96 Å². The largest absolute Gasteiger partial charge is 0.385 e. The van der Waals surface area contributed by atoms with E-state index >= 15 is 0 Å². The van der Waals surface area contributed by atoms with Crippen LogP contribution >= 0.6 is 24.0 Å². The number of nitrogens with zero attached hydrogens (tertiary/aromatic N) is 5. The quantitative estimate of drug-likeness (QED) is 0.349. The molecule has 0 atom stereocenters. The molecule has 2 aliphatic rings. The first-order valence-corrected chi connectivity index (χ1v) is 9.88. The van der Waals surface area contributed by atoms with E-state index in [4.69, 9.17) is 9.73 Å². The van der Waals surface area contributed by atoms with E-state index in [0.717, 1.165) is 44.3 Å². The highest BCUT2D eigenvalue weighted by molar-refractivity contribution is 14.0. The maximum atomic E-state index is 12.7. The van der Waals surface area contributed by atoms with E-state index < -0.39 is 0 Å². The highest BCUT2D eigenvalue weighted by atomic mass is 127. The van der Waals surface area contributed by atoms with Crippen molar-refractivity contribution in [2.24, 2.45) is 17.5 Å². The van der Waals surface area contributed by atoms with Gasteiger partial charge < -0.3 is 19.9 Å². The van der Waals surface area contributed by atoms with Gasteiger partial charge in [0.2, 0.25) is 5.91 Å². The Hall–Kier alpha value is -1.36. The molecule has 9 heteroatoms. The van der Waals surface area contributed by atoms with Gasteiger partial charge in [0, 0.05) is 53.1 Å². The molecule has 0 unspecified atom stereocenters. The summed E-state index contributed by atoms with van der Waals surface area (Å²) in [5.74, 6) is 0.929. The molecule has 1 aliphatic carbocycles. The van der Waals surface area contributed by atoms with Crippen LogP contribution in [-0.4, -0.2) is 73.0 Å². The van der Waals surface area contributed by atoms with Crippen molar-refractivity contribution in [1.29, 1.82) is 0 Å². The molecule has 0 spiro atoms. The third kappa shape index (κ3) is 5.37. The Kier molecular flexibility index (Phi) is 8.54. The van der Waals surface area contributed by atoms with Crippen molar-refractivity contribution in [2.45, 2.75) is 32.6 Å². The number of hydrogen-bond donors (Lipinski definition) is 1. The number of ether oxygens (including phenoxy) is 1. The maximum absolute atomic E-state index is 12.7. The number of amides is 1. The zero-order valence-electron chi connectivity index (χ0n) is 17.2. The van der Waals surface area contributed by atoms with Gasteiger partial charge in [-0.3, -0.25) is 14.5 Å². The lowest BCUT2D eigenvalue weighted by Gasteiger charge is -2.41. The van der Waals surface area contributed by atoms with Crippen LogP contribution in [0.3, 0.4) is 0 Å². The summed E-state index contributed by atoms with van der Waals surface area (Å²) in [7, 11) is 3.62. The molecule has 0 bridgehead atoms. The molecule has 1 aliphatic heterocycles. The summed E-state index contributed by atoms with van der Waals surface area (Å²) >= 11 is 0. The van der Waals surface area contributed by atoms with Crippen molar-refractivity contribution in [3.8, 4) is 0 Å². The number of nitrogens with one attached hydrogen (secondary N) is 1. The SMILES string of the molecule is CCNC(=NCC1(CCOC)CCC1)N1CCN(c2cnn(C)c2)C(=O)C1.I. The molecule has 158 valence electrons. The number of piperazine rings is 1. The second-order valence-electron chi connectivity index (χ2n) is 7.61. The summed E-state index contributed by atoms with van der Waals surface area (Å²) in [6, 6.07) is 0. The Morgan fingerprint density at radius 1 is 1.39 bits per heavy atom. The molecule has 8 nitrogen and oxygen atoms in total. The highest BCUT2D eigenvalue weighted by Crippen LogP contribution is 2.44. The summed E-state index contributed by atoms with van der Waals surface area (Å²) in [6.45, 7) is 6.19. The van der Waals surface area contributed by atoms with E-state index in [0.29, 0.717) is 13.1 Å². The molecule has 1 saturated carbocycles. The van der Waals surface area contributed by atoms with Crippen LogP contribution in [0, 0.1) is 5.41 Å². The van der Waals surface area contributed by atoms with Crippen LogP contribution in [-0.2, 0) is 16.6 Å². The van der Waals surface area contributed by atoms with Crippen molar-refractivity contribution in [1.82, 2.24) is 20.0 Å². The number of hydrogen-bond acceptors (Lipinski definition) is 4. The third-order valence-electron chi connectivity index (χ3n) is 5.67. The molecule has 1 N–H and O–H groups in total. The monoisotopic (exact) mass is 504 g/mol. The van der Waals surface area contributed by atoms with E-state index in [1.165, 1.54) is 19.3 Å². The van der Waals surface area contributed by atoms with Crippen molar-refractivity contribution in [3.05, 3.63) is 12.4 Å². The second kappa shape index (κ2) is 10.4. The number of aliphatic imine (C=N–C) groups is 1. The molecule has 28 heavy (non-hydrogen) atoms. The van der Waals surface area contributed by atoms with Crippen molar-refractivity contribution >= 4 is 41.5 Å². The Morgan fingerprint density at radius 2 is 2.18 bits per heavy atom. The molecular weight excluding hydrogens is 471 g/mol. The fourth-order valence-corrected chi connectivity index (χ4v) is 3.83. The zero-order chi connectivity index (χ0) is 19.3. The van der Waals surface area contributed by atoms with Gasteiger partial charge in [0.05, 0.1) is 11.9 Å². The van der Waals surface area contributed by atoms with Crippen LogP contribution in [0.5, 0.6) is 0 Å². The lowest BCUT2D eigenvalue weighted by Crippen LogP contribution is -2.55. The number of rotatable bonds is 7. The molecule has 1 aromatic heterocycles. The van der Waals surface area contributed by atoms with Gasteiger partial charge in [-0.05, 0) is 31.6 Å². The lowest BCUT2D eigenvalue weighted by atomic mass is 9.67. The molecule has 1 saturated heterocycles. The first-order chi connectivity index (χ1) is 13.1. The van der Waals surface area contributed by atoms with Crippen LogP contribution in [0.2, 0.25) is 0 Å². The van der Waals surface area contributed by atoms with Gasteiger partial charge in [-0.1, -0.05) is 6.42 Å². The van der Waals surface area contributed by atoms with Crippen molar-refractivity contribution < 1.29 is 9.53 Å². The maximum Gasteiger partial charge on any atom is 0.246 e. The number of halogens is 1. The van der Waals surface area contributed by atoms with E-state index in [1.54, 1.807) is 22.9 Å². The lowest BCUT2D eigenvalue weighted by molar-refractivity contribution is -0.120. The molecule has 3 rings (SSSR count). The molecule has 1 aromatic rings. The van der Waals surface area contributed by atoms with Gasteiger partial charge in [0.1, 0.15) is 6.54 Å². The summed E-state index contributed by atoms with van der Waals surface area (Å²) in [4.78, 5) is 21.5. The van der Waals surface area contributed by atoms with Gasteiger partial charge in [-0.25, -0.2) is 0 Å². The Morgan fingerprint density at radius 3 is 2.71 bits per heavy atom. The molecule has 0 aromatic carbocycles. The molecule has 2 fully saturated rings. The van der Waals surface area contributed by atoms with E-state index in [2.05, 4.69) is 22.2 Å². The van der Waals surface area contributed by atoms with Crippen LogP contribution < -0.4 is 10.2 Å². The number of guanidine groups is 1. The van der Waals surface area contributed by atoms with E-state index in [1.807, 2.05) is 13.2 Å². The van der Waals surface area contributed by atoms with Crippen molar-refractivity contribution in [3.63, 3.8) is 0 Å². The molecule has 1 amide bonds. The summed E-state index contributed by atoms with van der Waals surface area (Å²) in [5.41, 5.74) is 1.13. The fourth-order valence-electron chi connectivity index (χ4n) is 3.83. The van der Waals surface area contributed by atoms with Gasteiger partial charge in [-0.15, -0.1) is 24.0 Å². The number of methoxy groups -OCH3 is 1. The Labute approximate surface area is 184 Å². The number of aromatic nitrogens is 2. The van der Waals surface area contributed by atoms with Gasteiger partial charge >= 0.3 is 0 Å². The first-order valence-electron chi connectivity index (χ1n) is 9.88. The number of carbonyl (C=O) groups is 1. The van der Waals surface area contributed by atoms with Gasteiger partial charge in [-0.2, -0.15) is 5.10 Å². The number of aryl methyl sites for hydroxylation is 1. The summed E-state index contributed by atoms with van der Waals surface area (Å²) in [5, 5.41) is 7.54. The standard InChI is InChI=1S/C19H32N6O2.HI/c1-4-20-18(21-15-19(6-5-7-19)8-11-27-3)24-9-10-25(17(26)14-24)16-12-22-23(2)13-16;/h12-13H,4-11,14-15H2,1-3H3,(H,20,21);1H. The fraction of sp³-hybridized carbons (Fsp3) is 0.737. The van der Waals surface area contributed by atoms with Crippen molar-refractivity contribution in [2.75, 3.05) is 51.3 Å². The van der Waals surface area contributed by atoms with E-state index in [-0.39, 0.29) is 35.3 Å². The third-order valence-corrected chi connectivity index (χ3v) is 5.67. The molecule has 0 radical (unpaired) electrons. The topological polar surface area (TPSA) is 75.0 Å². The average molecular weight is 504 g/mol. The average Bonchev–Trinajstić information content (AvgIpc) is 3.05. The predicted octanol–water partition coefficient (Wildman–Crippen LogP) is 1.86. The van der Waals surface area contributed by atoms with Crippen LogP contribution in [0.25, 0.3) is 0 Å². The van der Waals surface area contributed by atoms with Crippen LogP contribution in [0.4, 0.5) is 5.69 Å². The number of anilines is 1. The predicted molar refractivity (Wildman–Crippen MR) is 121 cm³/mol. The minimum Gasteiger partial charge on any atom is -0.385 e. The molecular formula is C19H33IN6O2. The first kappa shape index (κ1) is 22.9. The summed E-state index contributed by atoms with van der Waals surface area (Å²) in [6.07, 6.45) is 8.38. The second-order valence-corrected chi connectivity index (χ2v) is 7.61. The summed E-state index contributed by atoms with van der Waals surface area (Å²) < 4.78 is 7.00. The Balaban J connectivity index is 0.00000280. The Bertz CT molecular complexity index is 673. The van der Waals surface area contributed by atoms with E-state index in [9.17, 15) is 4.79 Å². The molecule has 2 heterocycles. The minimum atomic E-state index is 0.